The number of piperidine rings is 1. The summed E-state index contributed by atoms with van der Waals surface area (Å²) in [6.45, 7) is 3.99. The molecule has 1 aromatic carbocycles. The van der Waals surface area contributed by atoms with Crippen molar-refractivity contribution >= 4 is 29.0 Å². The molecular weight excluding hydrogens is 552 g/mol. The largest absolute Gasteiger partial charge is 0.472 e. The number of carbonyl (C=O) groups excluding carboxylic acids is 2. The Bertz CT molecular complexity index is 1440. The number of hydrogen-bond donors (Lipinski definition) is 0. The fourth-order valence-corrected chi connectivity index (χ4v) is 5.80. The number of anilines is 1. The average molecular weight is 586 g/mol. The number of alkyl halides is 2. The number of fused-ring (bicyclic) bond motifs is 1. The Labute approximate surface area is 241 Å². The Kier molecular flexibility index (Phi) is 8.05. The van der Waals surface area contributed by atoms with E-state index in [1.165, 1.54) is 11.7 Å². The van der Waals surface area contributed by atoms with Gasteiger partial charge < -0.3 is 28.9 Å². The Morgan fingerprint density at radius 1 is 0.976 bits per heavy atom. The predicted octanol–water partition coefficient (Wildman–Crippen LogP) is 3.05. The molecule has 224 valence electrons. The summed E-state index contributed by atoms with van der Waals surface area (Å²) in [6, 6.07) is 8.47. The highest BCUT2D eigenvalue weighted by Gasteiger charge is 2.35. The lowest BCUT2D eigenvalue weighted by Gasteiger charge is -2.32. The number of nitrogens with zero attached hydrogens (tertiary/aromatic N) is 7. The van der Waals surface area contributed by atoms with Crippen LogP contribution in [0.2, 0.25) is 0 Å². The van der Waals surface area contributed by atoms with Crippen molar-refractivity contribution in [3.8, 4) is 11.7 Å². The summed E-state index contributed by atoms with van der Waals surface area (Å²) >= 11 is 0. The molecule has 6 rings (SSSR count). The summed E-state index contributed by atoms with van der Waals surface area (Å²) < 4.78 is 46.2. The normalized spacial score (nSPS) is 20.0. The number of imidazole rings is 1. The lowest BCUT2D eigenvalue weighted by Crippen LogP contribution is -2.44. The third-order valence-electron chi connectivity index (χ3n) is 8.00. The lowest BCUT2D eigenvalue weighted by atomic mass is 9.95. The maximum Gasteiger partial charge on any atom is 0.409 e. The minimum absolute atomic E-state index is 0.0504. The number of ether oxygens (including phenoxy) is 3. The maximum atomic E-state index is 14.1. The number of likely N-dealkylation sites (tertiary alicyclic amines) is 2. The summed E-state index contributed by atoms with van der Waals surface area (Å²) in [5.41, 5.74) is 0.936. The fraction of sp³-hybridized carbons (Fsp3) is 0.536. The van der Waals surface area contributed by atoms with E-state index in [9.17, 15) is 18.4 Å². The number of benzene rings is 1. The SMILES string of the molecule is COC(=O)N1CCC(C(=O)N2CC[C@H](Oc3cc(-n4c(C(F)F)nc5ccccc54)nc(N4CCOCC4)n3)C2)CC1. The molecule has 12 nitrogen and oxygen atoms in total. The van der Waals surface area contributed by atoms with Crippen molar-refractivity contribution in [3.63, 3.8) is 0 Å². The van der Waals surface area contributed by atoms with Crippen molar-refractivity contribution in [1.82, 2.24) is 29.3 Å². The van der Waals surface area contributed by atoms with E-state index in [0.717, 1.165) is 0 Å². The Balaban J connectivity index is 1.22. The number of amides is 2. The monoisotopic (exact) mass is 585 g/mol. The van der Waals surface area contributed by atoms with E-state index in [0.29, 0.717) is 88.7 Å². The molecule has 0 saturated carbocycles. The third-order valence-corrected chi connectivity index (χ3v) is 8.00. The van der Waals surface area contributed by atoms with Crippen molar-refractivity contribution in [2.24, 2.45) is 5.92 Å². The molecule has 0 bridgehead atoms. The quantitative estimate of drug-likeness (QED) is 0.431. The molecule has 0 spiro atoms. The highest BCUT2D eigenvalue weighted by atomic mass is 19.3. The molecule has 3 saturated heterocycles. The summed E-state index contributed by atoms with van der Waals surface area (Å²) in [5.74, 6) is 0.302. The molecule has 3 aliphatic heterocycles. The average Bonchev–Trinajstić information content (AvgIpc) is 3.66. The molecule has 0 unspecified atom stereocenters. The van der Waals surface area contributed by atoms with Crippen LogP contribution in [0.25, 0.3) is 16.9 Å². The summed E-state index contributed by atoms with van der Waals surface area (Å²) in [4.78, 5) is 43.9. The van der Waals surface area contributed by atoms with Crippen molar-refractivity contribution in [2.45, 2.75) is 31.8 Å². The van der Waals surface area contributed by atoms with E-state index >= 15 is 0 Å². The number of halogens is 2. The zero-order chi connectivity index (χ0) is 29.2. The van der Waals surface area contributed by atoms with Gasteiger partial charge in [-0.3, -0.25) is 9.36 Å². The van der Waals surface area contributed by atoms with Crippen LogP contribution in [0, 0.1) is 5.92 Å². The number of rotatable bonds is 6. The summed E-state index contributed by atoms with van der Waals surface area (Å²) in [7, 11) is 1.35. The van der Waals surface area contributed by atoms with Crippen LogP contribution in [0.3, 0.4) is 0 Å². The van der Waals surface area contributed by atoms with Gasteiger partial charge in [0, 0.05) is 51.1 Å². The molecule has 3 aliphatic rings. The van der Waals surface area contributed by atoms with Crippen LogP contribution in [0.5, 0.6) is 5.88 Å². The van der Waals surface area contributed by atoms with Crippen LogP contribution in [-0.2, 0) is 14.3 Å². The van der Waals surface area contributed by atoms with Crippen LogP contribution in [0.4, 0.5) is 19.5 Å². The molecule has 0 radical (unpaired) electrons. The maximum absolute atomic E-state index is 14.1. The summed E-state index contributed by atoms with van der Waals surface area (Å²) in [6.07, 6.45) is -1.75. The molecule has 5 heterocycles. The number of carbonyl (C=O) groups is 2. The van der Waals surface area contributed by atoms with Crippen LogP contribution in [0.1, 0.15) is 31.5 Å². The molecule has 3 aromatic rings. The van der Waals surface area contributed by atoms with Crippen LogP contribution in [-0.4, -0.2) is 107 Å². The first-order valence-corrected chi connectivity index (χ1v) is 14.2. The number of hydrogen-bond acceptors (Lipinski definition) is 9. The highest BCUT2D eigenvalue weighted by Crippen LogP contribution is 2.31. The van der Waals surface area contributed by atoms with E-state index in [-0.39, 0.29) is 35.7 Å². The van der Waals surface area contributed by atoms with Crippen molar-refractivity contribution in [1.29, 1.82) is 0 Å². The Morgan fingerprint density at radius 2 is 1.71 bits per heavy atom. The van der Waals surface area contributed by atoms with Gasteiger partial charge in [-0.2, -0.15) is 9.97 Å². The second-order valence-corrected chi connectivity index (χ2v) is 10.6. The Morgan fingerprint density at radius 3 is 2.45 bits per heavy atom. The molecule has 2 amide bonds. The molecule has 3 fully saturated rings. The molecule has 42 heavy (non-hydrogen) atoms. The van der Waals surface area contributed by atoms with Crippen LogP contribution in [0.15, 0.2) is 30.3 Å². The van der Waals surface area contributed by atoms with E-state index < -0.39 is 12.2 Å². The van der Waals surface area contributed by atoms with Gasteiger partial charge in [-0.25, -0.2) is 18.6 Å². The predicted molar refractivity (Wildman–Crippen MR) is 147 cm³/mol. The smallest absolute Gasteiger partial charge is 0.409 e. The van der Waals surface area contributed by atoms with Gasteiger partial charge in [0.15, 0.2) is 5.82 Å². The van der Waals surface area contributed by atoms with Gasteiger partial charge in [-0.05, 0) is 25.0 Å². The molecular formula is C28H33F2N7O5. The highest BCUT2D eigenvalue weighted by molar-refractivity contribution is 5.80. The van der Waals surface area contributed by atoms with Gasteiger partial charge in [0.05, 0.1) is 37.9 Å². The van der Waals surface area contributed by atoms with E-state index in [1.54, 1.807) is 40.1 Å². The molecule has 1 atom stereocenters. The van der Waals surface area contributed by atoms with Gasteiger partial charge in [0.1, 0.15) is 11.9 Å². The van der Waals surface area contributed by atoms with Crippen molar-refractivity contribution in [3.05, 3.63) is 36.2 Å². The zero-order valence-corrected chi connectivity index (χ0v) is 23.3. The van der Waals surface area contributed by atoms with Crippen molar-refractivity contribution < 1.29 is 32.6 Å². The van der Waals surface area contributed by atoms with Gasteiger partial charge in [-0.15, -0.1) is 0 Å². The topological polar surface area (TPSA) is 115 Å². The third kappa shape index (κ3) is 5.67. The first-order valence-electron chi connectivity index (χ1n) is 14.2. The fourth-order valence-electron chi connectivity index (χ4n) is 5.80. The lowest BCUT2D eigenvalue weighted by molar-refractivity contribution is -0.136. The van der Waals surface area contributed by atoms with Crippen molar-refractivity contribution in [2.75, 3.05) is 64.5 Å². The number of para-hydroxylation sites is 2. The number of aromatic nitrogens is 4. The van der Waals surface area contributed by atoms with Gasteiger partial charge in [0.25, 0.3) is 6.43 Å². The molecule has 2 aromatic heterocycles. The first-order chi connectivity index (χ1) is 20.4. The van der Waals surface area contributed by atoms with Gasteiger partial charge in [0.2, 0.25) is 17.7 Å². The number of methoxy groups -OCH3 is 1. The molecule has 0 N–H and O–H groups in total. The van der Waals surface area contributed by atoms with Gasteiger partial charge in [-0.1, -0.05) is 12.1 Å². The second kappa shape index (κ2) is 12.0. The molecule has 14 heteroatoms. The molecule has 0 aliphatic carbocycles. The number of morpholine rings is 1. The standard InChI is InChI=1S/C28H33F2N7O5/c1-40-28(39)35-9-6-18(7-10-35)26(38)36-11-8-19(17-36)42-23-16-22(32-27(33-23)34-12-14-41-15-13-34)37-21-5-3-2-4-20(21)31-25(37)24(29)30/h2-5,16,18-19,24H,6-15,17H2,1H3/t19-/m0/s1. The zero-order valence-electron chi connectivity index (χ0n) is 23.3. The summed E-state index contributed by atoms with van der Waals surface area (Å²) in [5, 5.41) is 0. The van der Waals surface area contributed by atoms with E-state index in [4.69, 9.17) is 14.2 Å². The van der Waals surface area contributed by atoms with Crippen LogP contribution >= 0.6 is 0 Å². The van der Waals surface area contributed by atoms with E-state index in [1.807, 2.05) is 4.90 Å². The van der Waals surface area contributed by atoms with Crippen LogP contribution < -0.4 is 9.64 Å². The van der Waals surface area contributed by atoms with Gasteiger partial charge >= 0.3 is 6.09 Å². The minimum atomic E-state index is -2.82. The first kappa shape index (κ1) is 28.1. The second-order valence-electron chi connectivity index (χ2n) is 10.6. The Hall–Kier alpha value is -4.07. The van der Waals surface area contributed by atoms with E-state index in [2.05, 4.69) is 15.0 Å². The minimum Gasteiger partial charge on any atom is -0.472 e.